The molecular formula is C17H19ClN4O3. The van der Waals surface area contributed by atoms with Gasteiger partial charge in [-0.25, -0.2) is 4.79 Å². The quantitative estimate of drug-likeness (QED) is 0.721. The molecule has 1 atom stereocenters. The highest BCUT2D eigenvalue weighted by Gasteiger charge is 2.60. The maximum atomic E-state index is 12.9. The van der Waals surface area contributed by atoms with E-state index in [1.165, 1.54) is 0 Å². The summed E-state index contributed by atoms with van der Waals surface area (Å²) in [4.78, 5) is 41.7. The van der Waals surface area contributed by atoms with E-state index in [0.717, 1.165) is 24.3 Å². The van der Waals surface area contributed by atoms with Crippen LogP contribution in [0.1, 0.15) is 12.5 Å². The molecule has 8 heteroatoms. The Morgan fingerprint density at radius 3 is 2.60 bits per heavy atom. The Kier molecular flexibility index (Phi) is 3.73. The van der Waals surface area contributed by atoms with Gasteiger partial charge in [0.1, 0.15) is 0 Å². The number of hydrogen-bond donors (Lipinski definition) is 2. The Balaban J connectivity index is 1.88. The Morgan fingerprint density at radius 2 is 1.92 bits per heavy atom. The van der Waals surface area contributed by atoms with Gasteiger partial charge in [-0.1, -0.05) is 24.6 Å². The molecular weight excluding hydrogens is 344 g/mol. The Morgan fingerprint density at radius 1 is 1.20 bits per heavy atom. The minimum Gasteiger partial charge on any atom is -0.364 e. The fraction of sp³-hybridized carbons (Fsp3) is 0.471. The summed E-state index contributed by atoms with van der Waals surface area (Å²) < 4.78 is 0. The van der Waals surface area contributed by atoms with E-state index in [-0.39, 0.29) is 12.5 Å². The average Bonchev–Trinajstić information content (AvgIpc) is 2.59. The minimum atomic E-state index is -1.36. The minimum absolute atomic E-state index is 0.186. The molecule has 0 bridgehead atoms. The van der Waals surface area contributed by atoms with E-state index in [2.05, 4.69) is 27.4 Å². The topological polar surface area (TPSA) is 81.8 Å². The van der Waals surface area contributed by atoms with Gasteiger partial charge in [0.05, 0.1) is 6.04 Å². The lowest BCUT2D eigenvalue weighted by Gasteiger charge is -2.54. The van der Waals surface area contributed by atoms with Crippen molar-refractivity contribution in [1.82, 2.24) is 15.5 Å². The first-order chi connectivity index (χ1) is 12.0. The number of hydrogen-bond acceptors (Lipinski definition) is 5. The maximum absolute atomic E-state index is 12.9. The zero-order valence-corrected chi connectivity index (χ0v) is 14.6. The third kappa shape index (κ3) is 2.26. The number of imide groups is 2. The van der Waals surface area contributed by atoms with Crippen LogP contribution in [0, 0.1) is 5.41 Å². The van der Waals surface area contributed by atoms with Gasteiger partial charge in [0.25, 0.3) is 0 Å². The van der Waals surface area contributed by atoms with Gasteiger partial charge in [-0.3, -0.25) is 25.1 Å². The van der Waals surface area contributed by atoms with Gasteiger partial charge >= 0.3 is 6.03 Å². The van der Waals surface area contributed by atoms with Crippen LogP contribution >= 0.6 is 11.6 Å². The number of nitrogens with zero attached hydrogens (tertiary/aromatic N) is 2. The lowest BCUT2D eigenvalue weighted by molar-refractivity contribution is -0.147. The molecule has 2 N–H and O–H groups in total. The summed E-state index contributed by atoms with van der Waals surface area (Å²) in [6, 6.07) is 4.51. The van der Waals surface area contributed by atoms with Crippen LogP contribution in [0.15, 0.2) is 18.2 Å². The van der Waals surface area contributed by atoms with Crippen molar-refractivity contribution in [2.45, 2.75) is 19.4 Å². The van der Waals surface area contributed by atoms with E-state index in [9.17, 15) is 14.4 Å². The third-order valence-corrected chi connectivity index (χ3v) is 5.96. The number of carbonyl (C=O) groups excluding carboxylic acids is 3. The van der Waals surface area contributed by atoms with Gasteiger partial charge in [-0.05, 0) is 24.2 Å². The highest BCUT2D eigenvalue weighted by atomic mass is 35.5. The summed E-state index contributed by atoms with van der Waals surface area (Å²) in [5.41, 5.74) is 0.390. The molecule has 1 spiro atoms. The van der Waals surface area contributed by atoms with Crippen molar-refractivity contribution in [3.8, 4) is 0 Å². The second-order valence-electron chi connectivity index (χ2n) is 6.73. The number of nitrogens with one attached hydrogen (secondary N) is 2. The molecule has 7 nitrogen and oxygen atoms in total. The molecule has 0 aliphatic carbocycles. The van der Waals surface area contributed by atoms with Crippen LogP contribution in [0.2, 0.25) is 5.02 Å². The number of likely N-dealkylation sites (N-methyl/N-ethyl adjacent to an activating group) is 1. The number of barbiturate groups is 1. The highest BCUT2D eigenvalue weighted by Crippen LogP contribution is 2.46. The van der Waals surface area contributed by atoms with Crippen LogP contribution in [0.4, 0.5) is 10.5 Å². The fourth-order valence-corrected chi connectivity index (χ4v) is 4.49. The van der Waals surface area contributed by atoms with E-state index in [4.69, 9.17) is 11.6 Å². The van der Waals surface area contributed by atoms with E-state index in [0.29, 0.717) is 18.1 Å². The summed E-state index contributed by atoms with van der Waals surface area (Å²) in [7, 11) is 0. The van der Waals surface area contributed by atoms with Crippen molar-refractivity contribution in [3.05, 3.63) is 28.8 Å². The molecule has 4 rings (SSSR count). The van der Waals surface area contributed by atoms with Gasteiger partial charge in [-0.2, -0.15) is 0 Å². The molecule has 4 amide bonds. The normalized spacial score (nSPS) is 25.3. The fourth-order valence-electron chi connectivity index (χ4n) is 4.25. The first kappa shape index (κ1) is 16.4. The number of rotatable bonds is 1. The second-order valence-corrected chi connectivity index (χ2v) is 7.13. The van der Waals surface area contributed by atoms with E-state index in [1.54, 1.807) is 6.07 Å². The van der Waals surface area contributed by atoms with Crippen molar-refractivity contribution in [2.24, 2.45) is 5.41 Å². The molecule has 1 aromatic carbocycles. The average molecular weight is 363 g/mol. The zero-order chi connectivity index (χ0) is 17.8. The van der Waals surface area contributed by atoms with Crippen LogP contribution in [0.3, 0.4) is 0 Å². The first-order valence-electron chi connectivity index (χ1n) is 8.40. The molecule has 0 radical (unpaired) electrons. The SMILES string of the molecule is CCN1CCN2c3cccc(Cl)c3CC3(C(=O)NC(=O)NC3=O)C2C1. The predicted octanol–water partition coefficient (Wildman–Crippen LogP) is 0.759. The van der Waals surface area contributed by atoms with Crippen molar-refractivity contribution < 1.29 is 14.4 Å². The number of urea groups is 1. The summed E-state index contributed by atoms with van der Waals surface area (Å²) in [5.74, 6) is -1.08. The van der Waals surface area contributed by atoms with Gasteiger partial charge in [-0.15, -0.1) is 0 Å². The summed E-state index contributed by atoms with van der Waals surface area (Å²) in [5, 5.41) is 5.11. The van der Waals surface area contributed by atoms with Gasteiger partial charge in [0.15, 0.2) is 5.41 Å². The van der Waals surface area contributed by atoms with Crippen molar-refractivity contribution in [3.63, 3.8) is 0 Å². The number of carbonyl (C=O) groups is 3. The van der Waals surface area contributed by atoms with Crippen LogP contribution in [-0.2, 0) is 16.0 Å². The lowest BCUT2D eigenvalue weighted by Crippen LogP contribution is -2.74. The molecule has 25 heavy (non-hydrogen) atoms. The predicted molar refractivity (Wildman–Crippen MR) is 92.5 cm³/mol. The summed E-state index contributed by atoms with van der Waals surface area (Å²) >= 11 is 6.39. The monoisotopic (exact) mass is 362 g/mol. The van der Waals surface area contributed by atoms with E-state index < -0.39 is 23.3 Å². The maximum Gasteiger partial charge on any atom is 0.328 e. The number of benzene rings is 1. The molecule has 2 fully saturated rings. The molecule has 3 aliphatic heterocycles. The molecule has 132 valence electrons. The molecule has 2 saturated heterocycles. The van der Waals surface area contributed by atoms with Gasteiger partial charge in [0, 0.05) is 36.8 Å². The summed E-state index contributed by atoms with van der Waals surface area (Å²) in [6.07, 6.45) is 0.186. The van der Waals surface area contributed by atoms with Crippen LogP contribution in [-0.4, -0.2) is 55.0 Å². The Bertz CT molecular complexity index is 761. The summed E-state index contributed by atoms with van der Waals surface area (Å²) in [6.45, 7) is 5.02. The smallest absolute Gasteiger partial charge is 0.328 e. The van der Waals surface area contributed by atoms with Crippen molar-refractivity contribution >= 4 is 35.1 Å². The van der Waals surface area contributed by atoms with E-state index >= 15 is 0 Å². The molecule has 0 saturated carbocycles. The van der Waals surface area contributed by atoms with E-state index in [1.807, 2.05) is 12.1 Å². The largest absolute Gasteiger partial charge is 0.364 e. The van der Waals surface area contributed by atoms with Crippen molar-refractivity contribution in [1.29, 1.82) is 0 Å². The lowest BCUT2D eigenvalue weighted by atomic mass is 9.68. The third-order valence-electron chi connectivity index (χ3n) is 5.60. The molecule has 0 aromatic heterocycles. The highest BCUT2D eigenvalue weighted by molar-refractivity contribution is 6.32. The number of amides is 4. The standard InChI is InChI=1S/C17H19ClN4O3/c1-2-21-6-7-22-12-5-3-4-11(18)10(12)8-17(13(22)9-21)14(23)19-16(25)20-15(17)24/h3-5,13H,2,6-9H2,1H3,(H2,19,20,23,24,25). The first-order valence-corrected chi connectivity index (χ1v) is 8.78. The Hall–Kier alpha value is -2.12. The molecule has 1 aromatic rings. The molecule has 3 aliphatic rings. The number of fused-ring (bicyclic) bond motifs is 4. The van der Waals surface area contributed by atoms with Crippen LogP contribution in [0.5, 0.6) is 0 Å². The molecule has 1 unspecified atom stereocenters. The van der Waals surface area contributed by atoms with Crippen LogP contribution in [0.25, 0.3) is 0 Å². The molecule has 3 heterocycles. The van der Waals surface area contributed by atoms with Gasteiger partial charge in [0.2, 0.25) is 11.8 Å². The zero-order valence-electron chi connectivity index (χ0n) is 13.8. The number of anilines is 1. The Labute approximate surface area is 150 Å². The van der Waals surface area contributed by atoms with Gasteiger partial charge < -0.3 is 4.90 Å². The number of halogens is 1. The second kappa shape index (κ2) is 5.71. The van der Waals surface area contributed by atoms with Crippen molar-refractivity contribution in [2.75, 3.05) is 31.1 Å². The van der Waals surface area contributed by atoms with Crippen LogP contribution < -0.4 is 15.5 Å². The number of piperazine rings is 1.